The lowest BCUT2D eigenvalue weighted by Crippen LogP contribution is -2.26. The van der Waals surface area contributed by atoms with Crippen LogP contribution < -0.4 is 4.90 Å². The molecule has 1 aliphatic rings. The van der Waals surface area contributed by atoms with Gasteiger partial charge in [-0.2, -0.15) is 20.9 Å². The van der Waals surface area contributed by atoms with E-state index in [1.54, 1.807) is 29.7 Å². The van der Waals surface area contributed by atoms with Crippen molar-refractivity contribution in [3.8, 4) is 23.4 Å². The number of hydrogen-bond acceptors (Lipinski definition) is 11. The fourth-order valence-corrected chi connectivity index (χ4v) is 6.59. The SMILES string of the molecule is N#CCC(C1CCN(c2ncc3ccsc3c2C#N)C1)n1cc(-c2ncnc3[nH]ccc23)cn1.O=C(OO)c1cccc(Cl)c1. The lowest BCUT2D eigenvalue weighted by atomic mass is 9.96. The maximum Gasteiger partial charge on any atom is 0.372 e. The first-order valence-electron chi connectivity index (χ1n) is 13.8. The first-order valence-corrected chi connectivity index (χ1v) is 15.1. The minimum absolute atomic E-state index is 0.0803. The highest BCUT2D eigenvalue weighted by Gasteiger charge is 2.33. The van der Waals surface area contributed by atoms with Crippen LogP contribution in [-0.4, -0.2) is 54.0 Å². The smallest absolute Gasteiger partial charge is 0.355 e. The number of fused-ring (bicyclic) bond motifs is 2. The van der Waals surface area contributed by atoms with E-state index in [9.17, 15) is 15.3 Å². The van der Waals surface area contributed by atoms with Gasteiger partial charge in [-0.05, 0) is 42.1 Å². The Balaban J connectivity index is 0.000000276. The van der Waals surface area contributed by atoms with E-state index in [0.717, 1.165) is 57.7 Å². The molecular weight excluding hydrogens is 614 g/mol. The van der Waals surface area contributed by atoms with Gasteiger partial charge in [0, 0.05) is 59.0 Å². The van der Waals surface area contributed by atoms with Crippen LogP contribution in [0.15, 0.2) is 72.9 Å². The number of H-pyrrole nitrogens is 1. The van der Waals surface area contributed by atoms with E-state index in [4.69, 9.17) is 16.9 Å². The summed E-state index contributed by atoms with van der Waals surface area (Å²) < 4.78 is 2.87. The van der Waals surface area contributed by atoms with Gasteiger partial charge < -0.3 is 9.88 Å². The van der Waals surface area contributed by atoms with Crippen molar-refractivity contribution in [2.75, 3.05) is 18.0 Å². The predicted molar refractivity (Wildman–Crippen MR) is 169 cm³/mol. The molecule has 0 aliphatic carbocycles. The second-order valence-corrected chi connectivity index (χ2v) is 11.6. The summed E-state index contributed by atoms with van der Waals surface area (Å²) in [7, 11) is 0. The van der Waals surface area contributed by atoms with Crippen LogP contribution in [0.2, 0.25) is 5.02 Å². The summed E-state index contributed by atoms with van der Waals surface area (Å²) in [5.74, 6) is 0.123. The molecule has 224 valence electrons. The zero-order valence-electron chi connectivity index (χ0n) is 23.5. The molecule has 2 unspecified atom stereocenters. The number of pyridine rings is 1. The zero-order valence-corrected chi connectivity index (χ0v) is 25.1. The second-order valence-electron chi connectivity index (χ2n) is 10.3. The second kappa shape index (κ2) is 13.1. The number of hydrogen-bond donors (Lipinski definition) is 2. The van der Waals surface area contributed by atoms with Crippen LogP contribution in [0.3, 0.4) is 0 Å². The maximum absolute atomic E-state index is 10.6. The Morgan fingerprint density at radius 1 is 1.22 bits per heavy atom. The Kier molecular flexibility index (Phi) is 8.66. The van der Waals surface area contributed by atoms with Gasteiger partial charge in [-0.25, -0.2) is 19.7 Å². The van der Waals surface area contributed by atoms with Crippen molar-refractivity contribution in [2.45, 2.75) is 18.9 Å². The highest BCUT2D eigenvalue weighted by atomic mass is 35.5. The molecule has 0 bridgehead atoms. The molecule has 2 atom stereocenters. The van der Waals surface area contributed by atoms with Crippen LogP contribution in [0.4, 0.5) is 5.82 Å². The highest BCUT2D eigenvalue weighted by molar-refractivity contribution is 7.17. The van der Waals surface area contributed by atoms with E-state index in [0.29, 0.717) is 17.0 Å². The number of carbonyl (C=O) groups is 1. The number of nitrogens with zero attached hydrogens (tertiary/aromatic N) is 8. The Morgan fingerprint density at radius 3 is 2.91 bits per heavy atom. The Labute approximate surface area is 265 Å². The fraction of sp³-hybridized carbons (Fsp3) is 0.194. The van der Waals surface area contributed by atoms with Crippen LogP contribution in [0.1, 0.15) is 34.8 Å². The number of aromatic nitrogens is 6. The molecule has 7 rings (SSSR count). The number of nitrogens with one attached hydrogen (secondary N) is 1. The molecule has 1 saturated heterocycles. The molecule has 0 radical (unpaired) electrons. The summed E-state index contributed by atoms with van der Waals surface area (Å²) in [6.45, 7) is 1.50. The van der Waals surface area contributed by atoms with Gasteiger partial charge in [-0.15, -0.1) is 11.3 Å². The van der Waals surface area contributed by atoms with E-state index in [2.05, 4.69) is 47.0 Å². The summed E-state index contributed by atoms with van der Waals surface area (Å²) in [4.78, 5) is 32.7. The molecule has 5 aromatic heterocycles. The molecule has 12 nitrogen and oxygen atoms in total. The molecular formula is C31H24ClN9O3S. The van der Waals surface area contributed by atoms with E-state index in [1.807, 2.05) is 40.8 Å². The van der Waals surface area contributed by atoms with Crippen molar-refractivity contribution in [2.24, 2.45) is 5.92 Å². The van der Waals surface area contributed by atoms with Crippen LogP contribution in [-0.2, 0) is 4.89 Å². The van der Waals surface area contributed by atoms with Crippen molar-refractivity contribution in [3.63, 3.8) is 0 Å². The summed E-state index contributed by atoms with van der Waals surface area (Å²) in [6.07, 6.45) is 10.2. The normalized spacial score (nSPS) is 14.8. The molecule has 2 N–H and O–H groups in total. The minimum Gasteiger partial charge on any atom is -0.355 e. The van der Waals surface area contributed by atoms with Crippen molar-refractivity contribution in [1.29, 1.82) is 10.5 Å². The molecule has 1 aromatic carbocycles. The first-order chi connectivity index (χ1) is 22.0. The largest absolute Gasteiger partial charge is 0.372 e. The Hall–Kier alpha value is -5.34. The Bertz CT molecular complexity index is 2080. The maximum atomic E-state index is 10.6. The number of rotatable bonds is 6. The lowest BCUT2D eigenvalue weighted by molar-refractivity contribution is -0.182. The molecule has 45 heavy (non-hydrogen) atoms. The van der Waals surface area contributed by atoms with E-state index in [1.165, 1.54) is 18.5 Å². The molecule has 0 saturated carbocycles. The number of halogens is 1. The average Bonchev–Trinajstić information content (AvgIpc) is 3.89. The number of anilines is 1. The molecule has 6 aromatic rings. The van der Waals surface area contributed by atoms with Crippen molar-refractivity contribution < 1.29 is 14.9 Å². The summed E-state index contributed by atoms with van der Waals surface area (Å²) in [5.41, 5.74) is 3.33. The minimum atomic E-state index is -0.813. The predicted octanol–water partition coefficient (Wildman–Crippen LogP) is 6.25. The monoisotopic (exact) mass is 637 g/mol. The number of nitriles is 2. The van der Waals surface area contributed by atoms with Gasteiger partial charge in [0.05, 0.1) is 40.7 Å². The van der Waals surface area contributed by atoms with Crippen LogP contribution in [0, 0.1) is 28.6 Å². The summed E-state index contributed by atoms with van der Waals surface area (Å²) in [6, 6.07) is 14.7. The van der Waals surface area contributed by atoms with E-state index >= 15 is 0 Å². The van der Waals surface area contributed by atoms with Crippen LogP contribution >= 0.6 is 22.9 Å². The Morgan fingerprint density at radius 2 is 2.11 bits per heavy atom. The summed E-state index contributed by atoms with van der Waals surface area (Å²) in [5, 5.41) is 36.3. The third kappa shape index (κ3) is 6.05. The fourth-order valence-electron chi connectivity index (χ4n) is 5.54. The van der Waals surface area contributed by atoms with Gasteiger partial charge in [0.25, 0.3) is 0 Å². The lowest BCUT2D eigenvalue weighted by Gasteiger charge is -2.23. The van der Waals surface area contributed by atoms with Crippen molar-refractivity contribution in [3.05, 3.63) is 89.0 Å². The van der Waals surface area contributed by atoms with Crippen molar-refractivity contribution >= 4 is 55.8 Å². The number of carbonyl (C=O) groups excluding carboxylic acids is 1. The van der Waals surface area contributed by atoms with Gasteiger partial charge in [-0.1, -0.05) is 17.7 Å². The van der Waals surface area contributed by atoms with Gasteiger partial charge in [0.1, 0.15) is 29.4 Å². The molecule has 1 fully saturated rings. The topological polar surface area (TPSA) is 170 Å². The molecule has 6 heterocycles. The molecule has 14 heteroatoms. The zero-order chi connectivity index (χ0) is 31.3. The first kappa shape index (κ1) is 29.7. The van der Waals surface area contributed by atoms with Crippen LogP contribution in [0.5, 0.6) is 0 Å². The average molecular weight is 638 g/mol. The van der Waals surface area contributed by atoms with Gasteiger partial charge in [-0.3, -0.25) is 9.57 Å². The third-order valence-electron chi connectivity index (χ3n) is 7.66. The van der Waals surface area contributed by atoms with Gasteiger partial charge in [0.2, 0.25) is 0 Å². The van der Waals surface area contributed by atoms with E-state index < -0.39 is 5.97 Å². The highest BCUT2D eigenvalue weighted by Crippen LogP contribution is 2.37. The number of thiophene rings is 1. The van der Waals surface area contributed by atoms with Crippen molar-refractivity contribution in [1.82, 2.24) is 29.7 Å². The van der Waals surface area contributed by atoms with Gasteiger partial charge >= 0.3 is 5.97 Å². The summed E-state index contributed by atoms with van der Waals surface area (Å²) >= 11 is 7.12. The number of benzene rings is 1. The number of aromatic amines is 1. The standard InChI is InChI=1S/C24H19N9S.C7H5ClO3/c25-5-1-20(33-13-17(11-31-33)21-18-2-6-27-23(18)30-14-29-21)16-3-7-32(12-16)24-19(9-26)22-15(10-28-24)4-8-34-22;8-6-3-1-2-5(4-6)7(9)11-10/h2,4,6,8,10-11,13-14,16,20H,1,3,7,12H2,(H,27,29,30);1-4,10H. The molecule has 0 amide bonds. The van der Waals surface area contributed by atoms with Crippen LogP contribution in [0.25, 0.3) is 32.4 Å². The quantitative estimate of drug-likeness (QED) is 0.157. The molecule has 0 spiro atoms. The third-order valence-corrected chi connectivity index (χ3v) is 8.85. The molecule has 1 aliphatic heterocycles. The van der Waals surface area contributed by atoms with E-state index in [-0.39, 0.29) is 17.5 Å². The van der Waals surface area contributed by atoms with Gasteiger partial charge in [0.15, 0.2) is 0 Å².